The number of aryl methyl sites for hydroxylation is 1. The van der Waals surface area contributed by atoms with Gasteiger partial charge in [0.1, 0.15) is 0 Å². The summed E-state index contributed by atoms with van der Waals surface area (Å²) in [6.45, 7) is 11.1. The van der Waals surface area contributed by atoms with Crippen molar-refractivity contribution in [1.29, 1.82) is 0 Å². The summed E-state index contributed by atoms with van der Waals surface area (Å²) in [6.07, 6.45) is 0. The van der Waals surface area contributed by atoms with Crippen LogP contribution in [0.15, 0.2) is 46.7 Å². The van der Waals surface area contributed by atoms with Gasteiger partial charge in [0.2, 0.25) is 10.0 Å². The quantitative estimate of drug-likeness (QED) is 0.766. The third-order valence-corrected chi connectivity index (χ3v) is 7.75. The maximum Gasteiger partial charge on any atom is 0.240 e. The number of sulfonamides is 1. The SMILES string of the molecule is CCN1CCN([C@@H](c2cccs2)[C@@H](C)NS(=O)(=O)c2ccc(C)cc2)CC1. The fraction of sp³-hybridized carbons (Fsp3) is 0.500. The summed E-state index contributed by atoms with van der Waals surface area (Å²) < 4.78 is 28.7. The van der Waals surface area contributed by atoms with Crippen molar-refractivity contribution in [2.24, 2.45) is 0 Å². The van der Waals surface area contributed by atoms with Gasteiger partial charge in [0.15, 0.2) is 0 Å². The van der Waals surface area contributed by atoms with Crippen molar-refractivity contribution in [2.45, 2.75) is 37.8 Å². The third-order valence-electron chi connectivity index (χ3n) is 5.23. The van der Waals surface area contributed by atoms with Crippen LogP contribution in [-0.2, 0) is 10.0 Å². The van der Waals surface area contributed by atoms with Crippen LogP contribution in [0.5, 0.6) is 0 Å². The Kier molecular flexibility index (Phi) is 6.70. The van der Waals surface area contributed by atoms with Gasteiger partial charge in [-0.15, -0.1) is 11.3 Å². The van der Waals surface area contributed by atoms with Gasteiger partial charge in [0.05, 0.1) is 10.9 Å². The van der Waals surface area contributed by atoms with E-state index in [9.17, 15) is 8.42 Å². The number of rotatable bonds is 7. The molecule has 148 valence electrons. The van der Waals surface area contributed by atoms with E-state index in [0.29, 0.717) is 4.90 Å². The van der Waals surface area contributed by atoms with Crippen LogP contribution < -0.4 is 4.72 Å². The molecule has 0 radical (unpaired) electrons. The Hall–Kier alpha value is -1.25. The van der Waals surface area contributed by atoms with E-state index >= 15 is 0 Å². The molecule has 0 bridgehead atoms. The predicted octanol–water partition coefficient (Wildman–Crippen LogP) is 3.10. The molecule has 1 aliphatic rings. The minimum Gasteiger partial charge on any atom is -0.301 e. The van der Waals surface area contributed by atoms with Crippen molar-refractivity contribution < 1.29 is 8.42 Å². The summed E-state index contributed by atoms with van der Waals surface area (Å²) in [7, 11) is -3.55. The van der Waals surface area contributed by atoms with E-state index in [1.165, 1.54) is 4.88 Å². The molecular weight excluding hydrogens is 378 g/mol. The van der Waals surface area contributed by atoms with Gasteiger partial charge < -0.3 is 4.90 Å². The zero-order chi connectivity index (χ0) is 19.4. The number of thiophene rings is 1. The molecule has 27 heavy (non-hydrogen) atoms. The van der Waals surface area contributed by atoms with Gasteiger partial charge in [-0.05, 0) is 44.0 Å². The topological polar surface area (TPSA) is 52.6 Å². The molecule has 1 aromatic carbocycles. The Bertz CT molecular complexity index is 811. The summed E-state index contributed by atoms with van der Waals surface area (Å²) >= 11 is 1.69. The van der Waals surface area contributed by atoms with Crippen LogP contribution in [0, 0.1) is 6.92 Å². The Morgan fingerprint density at radius 3 is 2.33 bits per heavy atom. The number of hydrogen-bond acceptors (Lipinski definition) is 5. The minimum absolute atomic E-state index is 0.0456. The summed E-state index contributed by atoms with van der Waals surface area (Å²) in [5, 5.41) is 2.06. The second-order valence-electron chi connectivity index (χ2n) is 7.15. The maximum absolute atomic E-state index is 12.9. The van der Waals surface area contributed by atoms with Crippen LogP contribution in [0.4, 0.5) is 0 Å². The van der Waals surface area contributed by atoms with Crippen molar-refractivity contribution in [1.82, 2.24) is 14.5 Å². The monoisotopic (exact) mass is 407 g/mol. The molecule has 2 atom stereocenters. The molecule has 3 rings (SSSR count). The first-order valence-electron chi connectivity index (χ1n) is 9.49. The normalized spacial score (nSPS) is 19.1. The van der Waals surface area contributed by atoms with E-state index in [1.807, 2.05) is 32.0 Å². The molecule has 1 aromatic heterocycles. The number of hydrogen-bond donors (Lipinski definition) is 1. The number of benzene rings is 1. The van der Waals surface area contributed by atoms with Crippen molar-refractivity contribution >= 4 is 21.4 Å². The van der Waals surface area contributed by atoms with Crippen molar-refractivity contribution in [3.05, 3.63) is 52.2 Å². The highest BCUT2D eigenvalue weighted by molar-refractivity contribution is 7.89. The fourth-order valence-electron chi connectivity index (χ4n) is 3.65. The van der Waals surface area contributed by atoms with Crippen LogP contribution in [0.25, 0.3) is 0 Å². The van der Waals surface area contributed by atoms with Crippen LogP contribution >= 0.6 is 11.3 Å². The number of nitrogens with zero attached hydrogens (tertiary/aromatic N) is 2. The lowest BCUT2D eigenvalue weighted by Crippen LogP contribution is -2.52. The molecule has 0 spiro atoms. The van der Waals surface area contributed by atoms with Gasteiger partial charge in [0.25, 0.3) is 0 Å². The molecule has 1 N–H and O–H groups in total. The van der Waals surface area contributed by atoms with Crippen LogP contribution in [0.2, 0.25) is 0 Å². The zero-order valence-corrected chi connectivity index (χ0v) is 17.9. The van der Waals surface area contributed by atoms with Gasteiger partial charge in [-0.1, -0.05) is 30.7 Å². The molecule has 0 amide bonds. The van der Waals surface area contributed by atoms with E-state index in [-0.39, 0.29) is 12.1 Å². The van der Waals surface area contributed by atoms with E-state index in [4.69, 9.17) is 0 Å². The molecule has 2 heterocycles. The van der Waals surface area contributed by atoms with Crippen molar-refractivity contribution in [3.63, 3.8) is 0 Å². The van der Waals surface area contributed by atoms with Gasteiger partial charge in [-0.3, -0.25) is 4.90 Å². The highest BCUT2D eigenvalue weighted by Gasteiger charge is 2.32. The van der Waals surface area contributed by atoms with E-state index in [1.54, 1.807) is 23.5 Å². The molecule has 7 heteroatoms. The summed E-state index contributed by atoms with van der Waals surface area (Å²) in [4.78, 5) is 6.38. The summed E-state index contributed by atoms with van der Waals surface area (Å²) in [6, 6.07) is 11.0. The molecule has 5 nitrogen and oxygen atoms in total. The first kappa shape index (κ1) is 20.5. The smallest absolute Gasteiger partial charge is 0.240 e. The lowest BCUT2D eigenvalue weighted by Gasteiger charge is -2.41. The third kappa shape index (κ3) is 4.97. The highest BCUT2D eigenvalue weighted by atomic mass is 32.2. The number of likely N-dealkylation sites (N-methyl/N-ethyl adjacent to an activating group) is 1. The summed E-state index contributed by atoms with van der Waals surface area (Å²) in [5.74, 6) is 0. The lowest BCUT2D eigenvalue weighted by atomic mass is 10.1. The van der Waals surface area contributed by atoms with E-state index in [2.05, 4.69) is 32.9 Å². The van der Waals surface area contributed by atoms with Crippen LogP contribution in [0.1, 0.15) is 30.3 Å². The molecule has 0 saturated carbocycles. The first-order valence-corrected chi connectivity index (χ1v) is 11.9. The lowest BCUT2D eigenvalue weighted by molar-refractivity contribution is 0.0888. The highest BCUT2D eigenvalue weighted by Crippen LogP contribution is 2.30. The Morgan fingerprint density at radius 1 is 1.11 bits per heavy atom. The fourth-order valence-corrected chi connectivity index (χ4v) is 5.87. The summed E-state index contributed by atoms with van der Waals surface area (Å²) in [5.41, 5.74) is 1.05. The van der Waals surface area contributed by atoms with Gasteiger partial charge in [0, 0.05) is 37.1 Å². The predicted molar refractivity (Wildman–Crippen MR) is 112 cm³/mol. The maximum atomic E-state index is 12.9. The Balaban J connectivity index is 1.79. The largest absolute Gasteiger partial charge is 0.301 e. The Labute approximate surface area is 167 Å². The van der Waals surface area contributed by atoms with Crippen LogP contribution in [0.3, 0.4) is 0 Å². The standard InChI is InChI=1S/C20H29N3O2S2/c1-4-22-11-13-23(14-12-22)20(19-6-5-15-26-19)17(3)21-27(24,25)18-9-7-16(2)8-10-18/h5-10,15,17,20-21H,4,11-14H2,1-3H3/t17-,20-/m1/s1. The molecular formula is C20H29N3O2S2. The molecule has 0 unspecified atom stereocenters. The molecule has 1 saturated heterocycles. The Morgan fingerprint density at radius 2 is 1.78 bits per heavy atom. The van der Waals surface area contributed by atoms with Crippen molar-refractivity contribution in [2.75, 3.05) is 32.7 Å². The second-order valence-corrected chi connectivity index (χ2v) is 9.85. The number of nitrogens with one attached hydrogen (secondary N) is 1. The molecule has 0 aliphatic carbocycles. The van der Waals surface area contributed by atoms with Gasteiger partial charge in [-0.2, -0.15) is 0 Å². The zero-order valence-electron chi connectivity index (χ0n) is 16.3. The van der Waals surface area contributed by atoms with Gasteiger partial charge >= 0.3 is 0 Å². The first-order chi connectivity index (χ1) is 12.9. The van der Waals surface area contributed by atoms with Crippen LogP contribution in [-0.4, -0.2) is 57.0 Å². The van der Waals surface area contributed by atoms with E-state index < -0.39 is 10.0 Å². The van der Waals surface area contributed by atoms with E-state index in [0.717, 1.165) is 38.3 Å². The molecule has 2 aromatic rings. The number of piperazine rings is 1. The molecule has 1 aliphatic heterocycles. The minimum atomic E-state index is -3.55. The molecule has 1 fully saturated rings. The van der Waals surface area contributed by atoms with Gasteiger partial charge in [-0.25, -0.2) is 13.1 Å². The van der Waals surface area contributed by atoms with Crippen molar-refractivity contribution in [3.8, 4) is 0 Å². The average Bonchev–Trinajstić information content (AvgIpc) is 3.16. The second kappa shape index (κ2) is 8.84. The average molecular weight is 408 g/mol.